The van der Waals surface area contributed by atoms with Gasteiger partial charge in [0.2, 0.25) is 5.60 Å². The molecule has 2 unspecified atom stereocenters. The molecule has 0 bridgehead atoms. The van der Waals surface area contributed by atoms with Crippen LogP contribution in [0.5, 0.6) is 0 Å². The van der Waals surface area contributed by atoms with E-state index in [1.54, 1.807) is 5.38 Å². The first-order valence-corrected chi connectivity index (χ1v) is 29.2. The van der Waals surface area contributed by atoms with Crippen molar-refractivity contribution in [2.24, 2.45) is 5.16 Å². The fourth-order valence-corrected chi connectivity index (χ4v) is 12.7. The zero-order valence-electron chi connectivity index (χ0n) is 45.6. The molecule has 3 N–H and O–H groups in total. The number of β-lactam (4-membered cyclic amide) rings is 1. The van der Waals surface area contributed by atoms with Crippen molar-refractivity contribution in [3.63, 3.8) is 0 Å². The number of thioether (sulfide) groups is 1. The molecule has 420 valence electrons. The summed E-state index contributed by atoms with van der Waals surface area (Å²) >= 11 is 2.56. The number of carbonyl (C=O) groups excluding carboxylic acids is 4. The van der Waals surface area contributed by atoms with Gasteiger partial charge < -0.3 is 35.0 Å². The second kappa shape index (κ2) is 25.7. The summed E-state index contributed by atoms with van der Waals surface area (Å²) in [5.74, 6) is -2.10. The van der Waals surface area contributed by atoms with Gasteiger partial charge in [-0.15, -0.1) is 23.1 Å². The van der Waals surface area contributed by atoms with Gasteiger partial charge in [0, 0.05) is 47.0 Å². The number of rotatable bonds is 21. The highest BCUT2D eigenvalue weighted by Gasteiger charge is 2.55. The number of nitrogens with one attached hydrogen (secondary N) is 2. The summed E-state index contributed by atoms with van der Waals surface area (Å²) in [5, 5.41) is 22.6. The van der Waals surface area contributed by atoms with Crippen LogP contribution in [0.2, 0.25) is 0 Å². The van der Waals surface area contributed by atoms with Gasteiger partial charge in [-0.05, 0) is 27.8 Å². The molecule has 9 aromatic rings. The van der Waals surface area contributed by atoms with Gasteiger partial charge in [-0.2, -0.15) is 0 Å². The van der Waals surface area contributed by atoms with Crippen molar-refractivity contribution in [2.75, 3.05) is 37.9 Å². The van der Waals surface area contributed by atoms with Crippen LogP contribution in [0.3, 0.4) is 0 Å². The Hall–Kier alpha value is -9.61. The molecular weight excluding hydrogens is 1090 g/mol. The molecule has 8 aromatic carbocycles. The summed E-state index contributed by atoms with van der Waals surface area (Å²) in [7, 11) is 1.48. The normalized spacial score (nSPS) is 15.1. The minimum absolute atomic E-state index is 0.0159. The van der Waals surface area contributed by atoms with Crippen LogP contribution in [0.4, 0.5) is 9.93 Å². The maximum Gasteiger partial charge on any atom is 0.409 e. The third-order valence-electron chi connectivity index (χ3n) is 14.8. The van der Waals surface area contributed by atoms with E-state index >= 15 is 4.79 Å². The average molecular weight is 1150 g/mol. The summed E-state index contributed by atoms with van der Waals surface area (Å²) in [6.07, 6.45) is -1.62. The maximum absolute atomic E-state index is 15.5. The minimum atomic E-state index is -1.41. The van der Waals surface area contributed by atoms with Crippen LogP contribution in [0.15, 0.2) is 264 Å². The number of ether oxygens (including phenoxy) is 2. The lowest BCUT2D eigenvalue weighted by Crippen LogP contribution is -2.71. The second-order valence-electron chi connectivity index (χ2n) is 19.9. The molecule has 2 aliphatic rings. The van der Waals surface area contributed by atoms with E-state index in [0.29, 0.717) is 21.8 Å². The van der Waals surface area contributed by atoms with Gasteiger partial charge in [0.15, 0.2) is 16.9 Å². The molecule has 0 saturated carbocycles. The number of oxime groups is 1. The van der Waals surface area contributed by atoms with Crippen molar-refractivity contribution >= 4 is 57.8 Å². The molecule has 11 rings (SSSR count). The molecule has 3 heterocycles. The van der Waals surface area contributed by atoms with Crippen LogP contribution in [0.1, 0.15) is 56.3 Å². The van der Waals surface area contributed by atoms with Crippen molar-refractivity contribution in [1.82, 2.24) is 20.1 Å². The first-order chi connectivity index (χ1) is 41.2. The molecule has 1 fully saturated rings. The summed E-state index contributed by atoms with van der Waals surface area (Å²) in [6, 6.07) is 76.4. The van der Waals surface area contributed by atoms with Crippen LogP contribution in [-0.4, -0.2) is 93.5 Å². The Labute approximate surface area is 495 Å². The van der Waals surface area contributed by atoms with E-state index < -0.39 is 52.5 Å². The predicted molar refractivity (Wildman–Crippen MR) is 326 cm³/mol. The number of benzene rings is 8. The number of anilines is 1. The smallest absolute Gasteiger partial charge is 0.409 e. The lowest BCUT2D eigenvalue weighted by atomic mass is 9.77. The fourth-order valence-electron chi connectivity index (χ4n) is 10.6. The Balaban J connectivity index is 0.985. The summed E-state index contributed by atoms with van der Waals surface area (Å²) in [4.78, 5) is 73.2. The molecule has 1 aromatic heterocycles. The molecule has 14 nitrogen and oxygen atoms in total. The quantitative estimate of drug-likeness (QED) is 0.0206. The van der Waals surface area contributed by atoms with Gasteiger partial charge >= 0.3 is 12.1 Å². The van der Waals surface area contributed by atoms with Gasteiger partial charge in [-0.1, -0.05) is 248 Å². The lowest BCUT2D eigenvalue weighted by molar-refractivity contribution is -0.154. The lowest BCUT2D eigenvalue weighted by Gasteiger charge is -2.49. The number of aliphatic hydroxyl groups is 1. The zero-order chi connectivity index (χ0) is 57.9. The van der Waals surface area contributed by atoms with E-state index in [-0.39, 0.29) is 42.6 Å². The van der Waals surface area contributed by atoms with Gasteiger partial charge in [0.05, 0.1) is 6.61 Å². The summed E-state index contributed by atoms with van der Waals surface area (Å²) in [5.41, 5.74) is 4.12. The number of amides is 3. The number of likely N-dealkylation sites (N-methyl/N-ethyl adjacent to an activating group) is 1. The maximum atomic E-state index is 15.5. The average Bonchev–Trinajstić information content (AvgIpc) is 2.77. The highest BCUT2D eigenvalue weighted by Crippen LogP contribution is 2.45. The minimum Gasteiger partial charge on any atom is -0.448 e. The largest absolute Gasteiger partial charge is 0.448 e. The van der Waals surface area contributed by atoms with Crippen molar-refractivity contribution in [2.45, 2.75) is 28.7 Å². The van der Waals surface area contributed by atoms with Crippen LogP contribution >= 0.6 is 23.1 Å². The Bertz CT molecular complexity index is 3540. The van der Waals surface area contributed by atoms with Gasteiger partial charge in [-0.25, -0.2) is 14.6 Å². The van der Waals surface area contributed by atoms with E-state index in [4.69, 9.17) is 24.5 Å². The zero-order valence-corrected chi connectivity index (χ0v) is 47.3. The predicted octanol–water partition coefficient (Wildman–Crippen LogP) is 11.3. The Morgan fingerprint density at radius 2 is 1.11 bits per heavy atom. The van der Waals surface area contributed by atoms with Crippen LogP contribution < -0.4 is 10.6 Å². The van der Waals surface area contributed by atoms with Crippen molar-refractivity contribution in [1.29, 1.82) is 0 Å². The number of hydrogen-bond donors (Lipinski definition) is 3. The number of thiazole rings is 1. The topological polar surface area (TPSA) is 172 Å². The molecule has 0 spiro atoms. The number of fused-ring (bicyclic) bond motifs is 1. The molecule has 2 atom stereocenters. The third kappa shape index (κ3) is 11.5. The summed E-state index contributed by atoms with van der Waals surface area (Å²) < 4.78 is 12.0. The molecule has 0 aliphatic carbocycles. The number of aliphatic hydroxyl groups excluding tert-OH is 1. The first-order valence-electron chi connectivity index (χ1n) is 27.3. The van der Waals surface area contributed by atoms with Gasteiger partial charge in [-0.3, -0.25) is 14.5 Å². The first kappa shape index (κ1) is 56.3. The van der Waals surface area contributed by atoms with E-state index in [9.17, 15) is 19.5 Å². The van der Waals surface area contributed by atoms with E-state index in [1.165, 1.54) is 39.9 Å². The SMILES string of the molecule is CN(CCO)C(=O)OCC1=C(C(=O)OC(c2ccccc2)c2ccccc2)N2C(=O)C(NC(=O)/C(=N\OC(c3ccccc3)(c3ccccc3)c3ccccc3)c3csc(NC(c4ccccc4)(c4ccccc4)c4ccccc4)n3)C2SC1. The summed E-state index contributed by atoms with van der Waals surface area (Å²) in [6.45, 7) is -0.632. The van der Waals surface area contributed by atoms with Gasteiger partial charge in [0.1, 0.15) is 35.0 Å². The van der Waals surface area contributed by atoms with Gasteiger partial charge in [0.25, 0.3) is 11.8 Å². The number of aromatic nitrogens is 1. The Morgan fingerprint density at radius 3 is 1.56 bits per heavy atom. The van der Waals surface area contributed by atoms with E-state index in [0.717, 1.165) is 33.4 Å². The van der Waals surface area contributed by atoms with E-state index in [1.807, 2.05) is 206 Å². The second-order valence-corrected chi connectivity index (χ2v) is 21.9. The molecule has 3 amide bonds. The molecule has 84 heavy (non-hydrogen) atoms. The molecule has 1 saturated heterocycles. The monoisotopic (exact) mass is 1150 g/mol. The van der Waals surface area contributed by atoms with Crippen molar-refractivity contribution < 1.29 is 38.6 Å². The number of nitrogens with zero attached hydrogens (tertiary/aromatic N) is 4. The standard InChI is InChI=1S/C68H58N6O8S2/c1-73(42-43-75)66(79)80-44-49-45-83-63-58(62(77)74(63)59(49)64(78)81-60(47-26-10-2-11-27-47)48-28-12-3-13-29-48)70-61(76)57(72-82-68(53-36-20-7-21-37-53,54-38-22-8-23-39-54)55-40-24-9-25-41-55)56-46-84-65(69-56)71-67(50-30-14-4-15-31-50,51-32-16-5-17-33-51)52-34-18-6-19-35-52/h2-41,46,58,60,63,75H,42-45H2,1H3,(H,69,71)(H,70,76)/b72-57-. The van der Waals surface area contributed by atoms with Crippen LogP contribution in [0.25, 0.3) is 0 Å². The van der Waals surface area contributed by atoms with Crippen LogP contribution in [-0.2, 0) is 39.8 Å². The molecule has 16 heteroatoms. The molecule has 0 radical (unpaired) electrons. The highest BCUT2D eigenvalue weighted by atomic mass is 32.2. The highest BCUT2D eigenvalue weighted by molar-refractivity contribution is 8.00. The number of esters is 1. The van der Waals surface area contributed by atoms with Crippen molar-refractivity contribution in [3.8, 4) is 0 Å². The van der Waals surface area contributed by atoms with Crippen molar-refractivity contribution in [3.05, 3.63) is 310 Å². The fraction of sp³-hybridized carbons (Fsp3) is 0.147. The Kier molecular flexibility index (Phi) is 17.2. The number of carbonyl (C=O) groups is 4. The number of hydrogen-bond acceptors (Lipinski definition) is 13. The van der Waals surface area contributed by atoms with E-state index in [2.05, 4.69) is 47.0 Å². The molecule has 2 aliphatic heterocycles. The molecular formula is C68H58N6O8S2. The van der Waals surface area contributed by atoms with Crippen LogP contribution in [0, 0.1) is 0 Å². The Morgan fingerprint density at radius 1 is 0.667 bits per heavy atom. The third-order valence-corrected chi connectivity index (χ3v) is 16.9.